The van der Waals surface area contributed by atoms with Crippen molar-refractivity contribution in [1.29, 1.82) is 0 Å². The second kappa shape index (κ2) is 12.0. The zero-order valence-corrected chi connectivity index (χ0v) is 18.2. The highest BCUT2D eigenvalue weighted by Gasteiger charge is 2.25. The number of esters is 1. The van der Waals surface area contributed by atoms with Crippen LogP contribution in [-0.2, 0) is 27.4 Å². The maximum absolute atomic E-state index is 12.9. The Morgan fingerprint density at radius 2 is 1.35 bits per heavy atom. The molecule has 3 aromatic carbocycles. The number of rotatable bonds is 10. The number of hydrogen-bond acceptors (Lipinski definition) is 4. The molecule has 160 valence electrons. The van der Waals surface area contributed by atoms with E-state index in [4.69, 9.17) is 4.74 Å². The van der Waals surface area contributed by atoms with Gasteiger partial charge in [-0.05, 0) is 23.1 Å². The van der Waals surface area contributed by atoms with Gasteiger partial charge in [-0.25, -0.2) is 0 Å². The van der Waals surface area contributed by atoms with Gasteiger partial charge in [0.05, 0.1) is 11.8 Å². The Balaban J connectivity index is 1.64. The summed E-state index contributed by atoms with van der Waals surface area (Å²) in [5, 5.41) is 2.94. The summed E-state index contributed by atoms with van der Waals surface area (Å²) in [5.74, 6) is -0.903. The second-order valence-corrected chi connectivity index (χ2v) is 7.74. The topological polar surface area (TPSA) is 55.4 Å². The van der Waals surface area contributed by atoms with Gasteiger partial charge in [-0.3, -0.25) is 9.59 Å². The van der Waals surface area contributed by atoms with Gasteiger partial charge >= 0.3 is 5.97 Å². The van der Waals surface area contributed by atoms with Crippen LogP contribution in [0, 0.1) is 5.92 Å². The number of carbonyl (C=O) groups is 2. The van der Waals surface area contributed by atoms with Gasteiger partial charge in [0.15, 0.2) is 0 Å². The van der Waals surface area contributed by atoms with Gasteiger partial charge in [0.2, 0.25) is 5.91 Å². The number of nitrogens with one attached hydrogen (secondary N) is 1. The van der Waals surface area contributed by atoms with E-state index >= 15 is 0 Å². The fraction of sp³-hybridized carbons (Fsp3) is 0.231. The molecule has 3 aromatic rings. The Hall–Kier alpha value is -3.05. The van der Waals surface area contributed by atoms with Crippen LogP contribution in [-0.4, -0.2) is 24.2 Å². The van der Waals surface area contributed by atoms with Crippen molar-refractivity contribution in [2.75, 3.05) is 12.3 Å². The number of ether oxygens (including phenoxy) is 1. The van der Waals surface area contributed by atoms with Gasteiger partial charge < -0.3 is 10.1 Å². The third-order valence-electron chi connectivity index (χ3n) is 5.11. The third-order valence-corrected chi connectivity index (χ3v) is 5.55. The standard InChI is InChI=1S/C26H27NO3S/c28-25(23(19-31)16-20-10-4-1-5-11-20)27-17-24(22-14-8-3-9-15-22)26(29)30-18-21-12-6-2-7-13-21/h1-15,23-24,31H,16-19H2,(H,27,28). The molecule has 0 aliphatic heterocycles. The Morgan fingerprint density at radius 1 is 0.806 bits per heavy atom. The molecular weight excluding hydrogens is 406 g/mol. The van der Waals surface area contributed by atoms with Crippen LogP contribution in [0.2, 0.25) is 0 Å². The summed E-state index contributed by atoms with van der Waals surface area (Å²) >= 11 is 4.36. The van der Waals surface area contributed by atoms with E-state index < -0.39 is 5.92 Å². The summed E-state index contributed by atoms with van der Waals surface area (Å²) < 4.78 is 5.55. The molecule has 1 N–H and O–H groups in total. The predicted molar refractivity (Wildman–Crippen MR) is 126 cm³/mol. The first-order valence-electron chi connectivity index (χ1n) is 10.4. The number of benzene rings is 3. The van der Waals surface area contributed by atoms with Crippen LogP contribution in [0.4, 0.5) is 0 Å². The first-order valence-corrected chi connectivity index (χ1v) is 11.0. The Labute approximate surface area is 189 Å². The first-order chi connectivity index (χ1) is 15.2. The smallest absolute Gasteiger partial charge is 0.315 e. The van der Waals surface area contributed by atoms with Gasteiger partial charge in [0, 0.05) is 12.3 Å². The number of carbonyl (C=O) groups excluding carboxylic acids is 2. The van der Waals surface area contributed by atoms with Crippen molar-refractivity contribution in [3.63, 3.8) is 0 Å². The molecule has 0 saturated carbocycles. The molecular formula is C26H27NO3S. The lowest BCUT2D eigenvalue weighted by molar-refractivity contribution is -0.146. The number of amides is 1. The van der Waals surface area contributed by atoms with Gasteiger partial charge in [-0.15, -0.1) is 0 Å². The normalized spacial score (nSPS) is 12.5. The highest BCUT2D eigenvalue weighted by molar-refractivity contribution is 7.80. The van der Waals surface area contributed by atoms with Crippen LogP contribution < -0.4 is 5.32 Å². The monoisotopic (exact) mass is 433 g/mol. The summed E-state index contributed by atoms with van der Waals surface area (Å²) in [7, 11) is 0. The minimum absolute atomic E-state index is 0.115. The molecule has 0 spiro atoms. The quantitative estimate of drug-likeness (QED) is 0.368. The van der Waals surface area contributed by atoms with Gasteiger partial charge in [-0.1, -0.05) is 91.0 Å². The highest BCUT2D eigenvalue weighted by Crippen LogP contribution is 2.18. The number of hydrogen-bond donors (Lipinski definition) is 2. The fourth-order valence-electron chi connectivity index (χ4n) is 3.34. The van der Waals surface area contributed by atoms with E-state index in [1.807, 2.05) is 91.0 Å². The SMILES string of the molecule is O=C(NCC(C(=O)OCc1ccccc1)c1ccccc1)C(CS)Cc1ccccc1. The van der Waals surface area contributed by atoms with Crippen molar-refractivity contribution >= 4 is 24.5 Å². The molecule has 0 heterocycles. The van der Waals surface area contributed by atoms with Crippen LogP contribution in [0.15, 0.2) is 91.0 Å². The molecule has 2 unspecified atom stereocenters. The lowest BCUT2D eigenvalue weighted by Gasteiger charge is -2.20. The molecule has 31 heavy (non-hydrogen) atoms. The molecule has 2 atom stereocenters. The predicted octanol–water partition coefficient (Wildman–Crippen LogP) is 4.42. The van der Waals surface area contributed by atoms with Crippen LogP contribution in [0.25, 0.3) is 0 Å². The van der Waals surface area contributed by atoms with Crippen LogP contribution >= 0.6 is 12.6 Å². The molecule has 0 aliphatic rings. The molecule has 0 radical (unpaired) electrons. The van der Waals surface area contributed by atoms with E-state index in [1.54, 1.807) is 0 Å². The van der Waals surface area contributed by atoms with Crippen LogP contribution in [0.5, 0.6) is 0 Å². The summed E-state index contributed by atoms with van der Waals surface area (Å²) in [4.78, 5) is 25.7. The molecule has 0 fully saturated rings. The van der Waals surface area contributed by atoms with Crippen molar-refractivity contribution in [2.45, 2.75) is 18.9 Å². The van der Waals surface area contributed by atoms with E-state index in [1.165, 1.54) is 0 Å². The van der Waals surface area contributed by atoms with Gasteiger partial charge in [0.1, 0.15) is 6.61 Å². The van der Waals surface area contributed by atoms with Crippen molar-refractivity contribution in [3.8, 4) is 0 Å². The zero-order chi connectivity index (χ0) is 21.9. The summed E-state index contributed by atoms with van der Waals surface area (Å²) in [5.41, 5.74) is 2.81. The molecule has 0 bridgehead atoms. The summed E-state index contributed by atoms with van der Waals surface area (Å²) in [6.07, 6.45) is 0.602. The van der Waals surface area contributed by atoms with E-state index in [-0.39, 0.29) is 30.9 Å². The average Bonchev–Trinajstić information content (AvgIpc) is 2.83. The second-order valence-electron chi connectivity index (χ2n) is 7.37. The Morgan fingerprint density at radius 3 is 1.94 bits per heavy atom. The zero-order valence-electron chi connectivity index (χ0n) is 17.3. The van der Waals surface area contributed by atoms with E-state index in [9.17, 15) is 9.59 Å². The molecule has 5 heteroatoms. The van der Waals surface area contributed by atoms with Crippen molar-refractivity contribution in [3.05, 3.63) is 108 Å². The van der Waals surface area contributed by atoms with Crippen molar-refractivity contribution in [2.24, 2.45) is 5.92 Å². The number of thiol groups is 1. The Bertz CT molecular complexity index is 948. The van der Waals surface area contributed by atoms with Crippen molar-refractivity contribution < 1.29 is 14.3 Å². The Kier molecular flexibility index (Phi) is 8.73. The molecule has 0 saturated heterocycles. The van der Waals surface area contributed by atoms with Gasteiger partial charge in [0.25, 0.3) is 0 Å². The molecule has 0 aromatic heterocycles. The average molecular weight is 434 g/mol. The third kappa shape index (κ3) is 7.00. The molecule has 3 rings (SSSR count). The van der Waals surface area contributed by atoms with Gasteiger partial charge in [-0.2, -0.15) is 12.6 Å². The molecule has 4 nitrogen and oxygen atoms in total. The summed E-state index contributed by atoms with van der Waals surface area (Å²) in [6.45, 7) is 0.375. The van der Waals surface area contributed by atoms with E-state index in [0.717, 1.165) is 16.7 Å². The maximum atomic E-state index is 12.9. The van der Waals surface area contributed by atoms with Crippen molar-refractivity contribution in [1.82, 2.24) is 5.32 Å². The first kappa shape index (κ1) is 22.6. The highest BCUT2D eigenvalue weighted by atomic mass is 32.1. The largest absolute Gasteiger partial charge is 0.460 e. The minimum Gasteiger partial charge on any atom is -0.460 e. The maximum Gasteiger partial charge on any atom is 0.315 e. The minimum atomic E-state index is -0.578. The van der Waals surface area contributed by atoms with E-state index in [2.05, 4.69) is 17.9 Å². The van der Waals surface area contributed by atoms with E-state index in [0.29, 0.717) is 12.2 Å². The molecule has 0 aliphatic carbocycles. The van der Waals surface area contributed by atoms with Crippen LogP contribution in [0.1, 0.15) is 22.6 Å². The lowest BCUT2D eigenvalue weighted by atomic mass is 9.97. The fourth-order valence-corrected chi connectivity index (χ4v) is 3.63. The lowest BCUT2D eigenvalue weighted by Crippen LogP contribution is -2.37. The molecule has 1 amide bonds. The van der Waals surface area contributed by atoms with Crippen LogP contribution in [0.3, 0.4) is 0 Å². The summed E-state index contributed by atoms with van der Waals surface area (Å²) in [6, 6.07) is 28.8.